The number of hydrogen-bond acceptors (Lipinski definition) is 6. The van der Waals surface area contributed by atoms with Gasteiger partial charge in [0.1, 0.15) is 0 Å². The normalized spacial score (nSPS) is 13.9. The third-order valence-electron chi connectivity index (χ3n) is 5.94. The van der Waals surface area contributed by atoms with Crippen molar-refractivity contribution in [2.24, 2.45) is 0 Å². The van der Waals surface area contributed by atoms with E-state index >= 15 is 0 Å². The quantitative estimate of drug-likeness (QED) is 0.370. The van der Waals surface area contributed by atoms with Crippen molar-refractivity contribution in [1.29, 1.82) is 0 Å². The van der Waals surface area contributed by atoms with Crippen molar-refractivity contribution in [3.8, 4) is 28.4 Å². The van der Waals surface area contributed by atoms with Gasteiger partial charge in [-0.05, 0) is 71.1 Å². The van der Waals surface area contributed by atoms with Gasteiger partial charge in [-0.25, -0.2) is 10.1 Å². The number of aromatic nitrogens is 5. The first-order valence-electron chi connectivity index (χ1n) is 11.1. The van der Waals surface area contributed by atoms with E-state index in [2.05, 4.69) is 30.9 Å². The zero-order valence-corrected chi connectivity index (χ0v) is 19.3. The van der Waals surface area contributed by atoms with Gasteiger partial charge in [-0.15, -0.1) is 5.10 Å². The SMILES string of the molecule is CCCOc1ccc(-c2ccc(NC(=O)C3(c4cccc(Cl)c4)CC3)cc2-c2nnn[nH]2)cn1. The van der Waals surface area contributed by atoms with Crippen molar-refractivity contribution in [1.82, 2.24) is 25.6 Å². The number of aromatic amines is 1. The van der Waals surface area contributed by atoms with Gasteiger partial charge >= 0.3 is 0 Å². The molecule has 0 spiro atoms. The maximum atomic E-state index is 13.3. The molecule has 2 N–H and O–H groups in total. The fraction of sp³-hybridized carbons (Fsp3) is 0.240. The number of tetrazole rings is 1. The predicted molar refractivity (Wildman–Crippen MR) is 130 cm³/mol. The van der Waals surface area contributed by atoms with E-state index < -0.39 is 5.41 Å². The smallest absolute Gasteiger partial charge is 0.235 e. The predicted octanol–water partition coefficient (Wildman–Crippen LogP) is 5.04. The molecular formula is C25H23ClN6O2. The summed E-state index contributed by atoms with van der Waals surface area (Å²) in [5, 5.41) is 18.0. The highest BCUT2D eigenvalue weighted by atomic mass is 35.5. The molecule has 1 fully saturated rings. The van der Waals surface area contributed by atoms with E-state index in [1.165, 1.54) is 0 Å². The number of rotatable bonds is 8. The summed E-state index contributed by atoms with van der Waals surface area (Å²) in [6.07, 6.45) is 4.24. The number of benzene rings is 2. The van der Waals surface area contributed by atoms with Crippen LogP contribution < -0.4 is 10.1 Å². The molecule has 0 aliphatic heterocycles. The minimum absolute atomic E-state index is 0.0525. The summed E-state index contributed by atoms with van der Waals surface area (Å²) >= 11 is 6.16. The van der Waals surface area contributed by atoms with Crippen LogP contribution in [0.5, 0.6) is 5.88 Å². The summed E-state index contributed by atoms with van der Waals surface area (Å²) in [4.78, 5) is 17.7. The number of ether oxygens (including phenoxy) is 1. The van der Waals surface area contributed by atoms with Gasteiger partial charge in [-0.1, -0.05) is 36.7 Å². The molecule has 2 heterocycles. The molecule has 0 unspecified atom stereocenters. The zero-order valence-electron chi connectivity index (χ0n) is 18.6. The number of carbonyl (C=O) groups is 1. The summed E-state index contributed by atoms with van der Waals surface area (Å²) in [5.74, 6) is 1.02. The summed E-state index contributed by atoms with van der Waals surface area (Å²) < 4.78 is 5.59. The van der Waals surface area contributed by atoms with Crippen LogP contribution in [0.1, 0.15) is 31.7 Å². The van der Waals surface area contributed by atoms with Crippen LogP contribution in [0.2, 0.25) is 5.02 Å². The van der Waals surface area contributed by atoms with Gasteiger partial charge in [-0.2, -0.15) is 0 Å². The van der Waals surface area contributed by atoms with Gasteiger partial charge < -0.3 is 10.1 Å². The van der Waals surface area contributed by atoms with E-state index in [0.717, 1.165) is 41.5 Å². The number of amides is 1. The molecule has 1 aliphatic rings. The van der Waals surface area contributed by atoms with Crippen LogP contribution in [0, 0.1) is 0 Å². The van der Waals surface area contributed by atoms with Gasteiger partial charge in [0.25, 0.3) is 0 Å². The number of H-pyrrole nitrogens is 1. The number of hydrogen-bond donors (Lipinski definition) is 2. The number of nitrogens with one attached hydrogen (secondary N) is 2. The molecule has 1 saturated carbocycles. The van der Waals surface area contributed by atoms with Gasteiger partial charge in [-0.3, -0.25) is 4.79 Å². The van der Waals surface area contributed by atoms with Crippen molar-refractivity contribution in [2.75, 3.05) is 11.9 Å². The molecule has 0 bridgehead atoms. The molecule has 5 rings (SSSR count). The second kappa shape index (κ2) is 9.23. The number of pyridine rings is 1. The molecule has 2 aromatic carbocycles. The highest BCUT2D eigenvalue weighted by Gasteiger charge is 2.51. The first kappa shape index (κ1) is 22.0. The van der Waals surface area contributed by atoms with Crippen LogP contribution in [-0.2, 0) is 10.2 Å². The number of halogens is 1. The number of nitrogens with zero attached hydrogens (tertiary/aromatic N) is 4. The lowest BCUT2D eigenvalue weighted by molar-refractivity contribution is -0.118. The van der Waals surface area contributed by atoms with E-state index in [1.807, 2.05) is 61.5 Å². The van der Waals surface area contributed by atoms with Crippen LogP contribution in [0.15, 0.2) is 60.8 Å². The van der Waals surface area contributed by atoms with Crippen LogP contribution in [0.3, 0.4) is 0 Å². The second-order valence-electron chi connectivity index (χ2n) is 8.29. The average molecular weight is 475 g/mol. The molecule has 0 radical (unpaired) electrons. The fourth-order valence-electron chi connectivity index (χ4n) is 3.98. The Labute approximate surface area is 201 Å². The van der Waals surface area contributed by atoms with Crippen molar-refractivity contribution in [3.63, 3.8) is 0 Å². The van der Waals surface area contributed by atoms with Gasteiger partial charge in [0.2, 0.25) is 11.8 Å². The maximum Gasteiger partial charge on any atom is 0.235 e. The summed E-state index contributed by atoms with van der Waals surface area (Å²) in [6, 6.07) is 16.9. The Morgan fingerprint density at radius 3 is 2.71 bits per heavy atom. The van der Waals surface area contributed by atoms with Crippen LogP contribution in [0.4, 0.5) is 5.69 Å². The zero-order chi connectivity index (χ0) is 23.5. The Morgan fingerprint density at radius 2 is 2.03 bits per heavy atom. The van der Waals surface area contributed by atoms with Gasteiger partial charge in [0.05, 0.1) is 12.0 Å². The topological polar surface area (TPSA) is 106 Å². The van der Waals surface area contributed by atoms with Crippen LogP contribution in [0.25, 0.3) is 22.5 Å². The lowest BCUT2D eigenvalue weighted by Gasteiger charge is -2.17. The first-order chi connectivity index (χ1) is 16.6. The van der Waals surface area contributed by atoms with E-state index in [-0.39, 0.29) is 5.91 Å². The van der Waals surface area contributed by atoms with Crippen molar-refractivity contribution in [2.45, 2.75) is 31.6 Å². The minimum atomic E-state index is -0.546. The number of carbonyl (C=O) groups excluding carboxylic acids is 1. The monoisotopic (exact) mass is 474 g/mol. The molecule has 0 saturated heterocycles. The molecule has 2 aromatic heterocycles. The Hall–Kier alpha value is -3.78. The van der Waals surface area contributed by atoms with Crippen molar-refractivity contribution >= 4 is 23.2 Å². The Balaban J connectivity index is 1.44. The standard InChI is InChI=1S/C25H23ClN6O2/c1-2-12-34-22-9-6-16(15-27-22)20-8-7-19(14-21(20)23-29-31-32-30-23)28-24(33)25(10-11-25)17-4-3-5-18(26)13-17/h3-9,13-15H,2,10-12H2,1H3,(H,28,33)(H,29,30,31,32). The van der Waals surface area contributed by atoms with E-state index in [9.17, 15) is 4.79 Å². The molecule has 34 heavy (non-hydrogen) atoms. The van der Waals surface area contributed by atoms with E-state index in [1.54, 1.807) is 6.20 Å². The van der Waals surface area contributed by atoms with Crippen molar-refractivity contribution in [3.05, 3.63) is 71.4 Å². The molecule has 1 amide bonds. The highest BCUT2D eigenvalue weighted by molar-refractivity contribution is 6.30. The van der Waals surface area contributed by atoms with E-state index in [0.29, 0.717) is 29.0 Å². The molecule has 8 nitrogen and oxygen atoms in total. The van der Waals surface area contributed by atoms with Crippen LogP contribution in [-0.4, -0.2) is 38.1 Å². The number of anilines is 1. The highest BCUT2D eigenvalue weighted by Crippen LogP contribution is 2.49. The van der Waals surface area contributed by atoms with Crippen molar-refractivity contribution < 1.29 is 9.53 Å². The summed E-state index contributed by atoms with van der Waals surface area (Å²) in [7, 11) is 0. The maximum absolute atomic E-state index is 13.3. The lowest BCUT2D eigenvalue weighted by Crippen LogP contribution is -2.27. The summed E-state index contributed by atoms with van der Waals surface area (Å²) in [5.41, 5.74) is 3.55. The molecular weight excluding hydrogens is 452 g/mol. The molecule has 9 heteroatoms. The molecule has 0 atom stereocenters. The van der Waals surface area contributed by atoms with Gasteiger partial charge in [0, 0.05) is 34.1 Å². The largest absolute Gasteiger partial charge is 0.478 e. The average Bonchev–Trinajstić information content (AvgIpc) is 3.50. The second-order valence-corrected chi connectivity index (χ2v) is 8.73. The third-order valence-corrected chi connectivity index (χ3v) is 6.18. The lowest BCUT2D eigenvalue weighted by atomic mass is 9.94. The third kappa shape index (κ3) is 4.36. The minimum Gasteiger partial charge on any atom is -0.478 e. The molecule has 172 valence electrons. The Morgan fingerprint density at radius 1 is 1.15 bits per heavy atom. The van der Waals surface area contributed by atoms with E-state index in [4.69, 9.17) is 16.3 Å². The molecule has 1 aliphatic carbocycles. The fourth-order valence-corrected chi connectivity index (χ4v) is 4.17. The van der Waals surface area contributed by atoms with Gasteiger partial charge in [0.15, 0.2) is 5.82 Å². The Kier molecular flexibility index (Phi) is 5.98. The first-order valence-corrected chi connectivity index (χ1v) is 11.5. The molecule has 4 aromatic rings. The summed E-state index contributed by atoms with van der Waals surface area (Å²) in [6.45, 7) is 2.67. The van der Waals surface area contributed by atoms with Crippen LogP contribution >= 0.6 is 11.6 Å². The Bertz CT molecular complexity index is 1300.